The molecular weight excluding hydrogens is 376 g/mol. The summed E-state index contributed by atoms with van der Waals surface area (Å²) >= 11 is 1.22. The highest BCUT2D eigenvalue weighted by Crippen LogP contribution is 2.44. The van der Waals surface area contributed by atoms with Gasteiger partial charge in [0.05, 0.1) is 23.8 Å². The van der Waals surface area contributed by atoms with Crippen LogP contribution in [0.2, 0.25) is 0 Å². The number of hydrogen-bond acceptors (Lipinski definition) is 6. The zero-order valence-corrected chi connectivity index (χ0v) is 15.8. The molecule has 0 spiro atoms. The summed E-state index contributed by atoms with van der Waals surface area (Å²) in [6, 6.07) is 13.4. The molecule has 0 radical (unpaired) electrons. The maximum atomic E-state index is 12.8. The van der Waals surface area contributed by atoms with Gasteiger partial charge in [-0.15, -0.1) is 11.3 Å². The van der Waals surface area contributed by atoms with E-state index in [1.165, 1.54) is 29.5 Å². The van der Waals surface area contributed by atoms with Crippen molar-refractivity contribution in [1.29, 1.82) is 5.26 Å². The number of phenolic OH excluding ortho intramolecular Hbond substituents is 1. The van der Waals surface area contributed by atoms with Crippen molar-refractivity contribution in [2.24, 2.45) is 0 Å². The van der Waals surface area contributed by atoms with Gasteiger partial charge < -0.3 is 9.84 Å². The van der Waals surface area contributed by atoms with Crippen molar-refractivity contribution in [3.63, 3.8) is 0 Å². The first-order chi connectivity index (χ1) is 13.5. The molecule has 1 N–H and O–H groups in total. The summed E-state index contributed by atoms with van der Waals surface area (Å²) in [5.41, 5.74) is 2.09. The van der Waals surface area contributed by atoms with Crippen LogP contribution < -0.4 is 9.64 Å². The number of hydrogen-bond donors (Lipinski definition) is 1. The van der Waals surface area contributed by atoms with Crippen molar-refractivity contribution in [2.45, 2.75) is 6.92 Å². The van der Waals surface area contributed by atoms with Crippen molar-refractivity contribution in [3.05, 3.63) is 64.0 Å². The number of aromatic hydroxyl groups is 1. The molecule has 6 nitrogen and oxygen atoms in total. The van der Waals surface area contributed by atoms with Gasteiger partial charge in [-0.3, -0.25) is 9.59 Å². The van der Waals surface area contributed by atoms with Crippen LogP contribution in [0.4, 0.5) is 5.00 Å². The summed E-state index contributed by atoms with van der Waals surface area (Å²) in [6.07, 6.45) is 0. The second kappa shape index (κ2) is 6.51. The monoisotopic (exact) mass is 390 g/mol. The molecule has 0 bridgehead atoms. The average Bonchev–Trinajstić information content (AvgIpc) is 3.15. The average molecular weight is 390 g/mol. The molecule has 138 valence electrons. The Labute approximate surface area is 164 Å². The highest BCUT2D eigenvalue weighted by molar-refractivity contribution is 7.17. The van der Waals surface area contributed by atoms with Crippen LogP contribution in [-0.4, -0.2) is 24.0 Å². The number of nitrogens with zero attached hydrogens (tertiary/aromatic N) is 2. The number of rotatable bonds is 3. The number of carbonyl (C=O) groups is 2. The fourth-order valence-corrected chi connectivity index (χ4v) is 4.43. The van der Waals surface area contributed by atoms with E-state index in [9.17, 15) is 20.0 Å². The van der Waals surface area contributed by atoms with Crippen molar-refractivity contribution < 1.29 is 19.4 Å². The molecule has 2 heterocycles. The minimum atomic E-state index is -0.546. The largest absolute Gasteiger partial charge is 0.508 e. The second-order valence-corrected chi connectivity index (χ2v) is 7.43. The molecular formula is C21H14N2O4S. The number of benzene rings is 2. The lowest BCUT2D eigenvalue weighted by atomic mass is 10.0. The lowest BCUT2D eigenvalue weighted by Gasteiger charge is -2.12. The van der Waals surface area contributed by atoms with Gasteiger partial charge in [0.25, 0.3) is 11.8 Å². The predicted octanol–water partition coefficient (Wildman–Crippen LogP) is 4.11. The molecule has 1 aromatic heterocycles. The highest BCUT2D eigenvalue weighted by Gasteiger charge is 2.40. The van der Waals surface area contributed by atoms with Crippen LogP contribution in [0.15, 0.2) is 42.5 Å². The lowest BCUT2D eigenvalue weighted by molar-refractivity contribution is 0.0927. The zero-order valence-electron chi connectivity index (χ0n) is 15.0. The minimum Gasteiger partial charge on any atom is -0.508 e. The highest BCUT2D eigenvalue weighted by atomic mass is 32.1. The molecule has 7 heteroatoms. The van der Waals surface area contributed by atoms with Crippen molar-refractivity contribution in [2.75, 3.05) is 12.0 Å². The number of aryl methyl sites for hydroxylation is 1. The molecule has 0 aliphatic carbocycles. The van der Waals surface area contributed by atoms with E-state index in [0.29, 0.717) is 11.3 Å². The molecule has 28 heavy (non-hydrogen) atoms. The summed E-state index contributed by atoms with van der Waals surface area (Å²) in [7, 11) is 1.57. The van der Waals surface area contributed by atoms with Gasteiger partial charge in [-0.05, 0) is 42.8 Å². The topological polar surface area (TPSA) is 90.6 Å². The smallest absolute Gasteiger partial charge is 0.266 e. The van der Waals surface area contributed by atoms with E-state index in [0.717, 1.165) is 15.3 Å². The molecule has 1 aliphatic heterocycles. The number of nitriles is 1. The minimum absolute atomic E-state index is 0.0939. The van der Waals surface area contributed by atoms with Crippen LogP contribution in [0, 0.1) is 18.3 Å². The van der Waals surface area contributed by atoms with Crippen LogP contribution in [0.5, 0.6) is 11.5 Å². The molecule has 0 saturated heterocycles. The summed E-state index contributed by atoms with van der Waals surface area (Å²) in [5.74, 6) is -0.451. The number of ether oxygens (including phenoxy) is 1. The number of methoxy groups -OCH3 is 1. The Balaban J connectivity index is 1.85. The molecule has 0 saturated carbocycles. The fourth-order valence-electron chi connectivity index (χ4n) is 3.31. The van der Waals surface area contributed by atoms with E-state index in [-0.39, 0.29) is 27.4 Å². The van der Waals surface area contributed by atoms with E-state index >= 15 is 0 Å². The Kier molecular flexibility index (Phi) is 4.13. The molecule has 0 fully saturated rings. The SMILES string of the molecule is COc1ccc(-c2c(C)sc(N3C(=O)c4ccc(O)cc4C3=O)c2C#N)cc1. The predicted molar refractivity (Wildman–Crippen MR) is 105 cm³/mol. The van der Waals surface area contributed by atoms with Gasteiger partial charge in [0.1, 0.15) is 22.6 Å². The standard InChI is InChI=1S/C21H14N2O4S/c1-11-18(12-3-6-14(27-2)7-4-12)17(10-22)21(28-11)23-19(25)15-8-5-13(24)9-16(15)20(23)26/h3-9,24H,1-2H3. The number of phenols is 1. The number of thiophene rings is 1. The Morgan fingerprint density at radius 3 is 2.39 bits per heavy atom. The second-order valence-electron chi connectivity index (χ2n) is 6.23. The van der Waals surface area contributed by atoms with Crippen LogP contribution in [0.1, 0.15) is 31.2 Å². The van der Waals surface area contributed by atoms with Crippen LogP contribution >= 0.6 is 11.3 Å². The summed E-state index contributed by atoms with van der Waals surface area (Å²) in [5, 5.41) is 19.8. The van der Waals surface area contributed by atoms with Crippen LogP contribution in [-0.2, 0) is 0 Å². The first-order valence-corrected chi connectivity index (χ1v) is 9.17. The Hall–Kier alpha value is -3.63. The molecule has 4 rings (SSSR count). The van der Waals surface area contributed by atoms with E-state index in [4.69, 9.17) is 4.74 Å². The summed E-state index contributed by atoms with van der Waals surface area (Å²) in [4.78, 5) is 27.5. The molecule has 2 amide bonds. The zero-order chi connectivity index (χ0) is 20.0. The number of carbonyl (C=O) groups excluding carboxylic acids is 2. The third-order valence-electron chi connectivity index (χ3n) is 4.63. The van der Waals surface area contributed by atoms with E-state index in [2.05, 4.69) is 6.07 Å². The summed E-state index contributed by atoms with van der Waals surface area (Å²) in [6.45, 7) is 1.85. The van der Waals surface area contributed by atoms with Gasteiger partial charge in [-0.25, -0.2) is 4.90 Å². The lowest BCUT2D eigenvalue weighted by Crippen LogP contribution is -2.29. The normalized spacial score (nSPS) is 12.8. The number of amides is 2. The Bertz CT molecular complexity index is 1170. The Morgan fingerprint density at radius 1 is 1.07 bits per heavy atom. The van der Waals surface area contributed by atoms with E-state index < -0.39 is 11.8 Å². The van der Waals surface area contributed by atoms with E-state index in [1.807, 2.05) is 19.1 Å². The number of anilines is 1. The van der Waals surface area contributed by atoms with Gasteiger partial charge in [-0.2, -0.15) is 5.26 Å². The third kappa shape index (κ3) is 2.54. The molecule has 0 unspecified atom stereocenters. The molecule has 0 atom stereocenters. The van der Waals surface area contributed by atoms with Gasteiger partial charge in [-0.1, -0.05) is 12.1 Å². The van der Waals surface area contributed by atoms with Gasteiger partial charge in [0, 0.05) is 10.4 Å². The maximum Gasteiger partial charge on any atom is 0.266 e. The molecule has 2 aromatic carbocycles. The molecule has 3 aromatic rings. The fraction of sp³-hybridized carbons (Fsp3) is 0.0952. The van der Waals surface area contributed by atoms with Gasteiger partial charge in [0.2, 0.25) is 0 Å². The quantitative estimate of drug-likeness (QED) is 0.680. The van der Waals surface area contributed by atoms with Crippen molar-refractivity contribution in [1.82, 2.24) is 0 Å². The summed E-state index contributed by atoms with van der Waals surface area (Å²) < 4.78 is 5.17. The first-order valence-electron chi connectivity index (χ1n) is 8.36. The molecule has 1 aliphatic rings. The van der Waals surface area contributed by atoms with Crippen molar-refractivity contribution in [3.8, 4) is 28.7 Å². The maximum absolute atomic E-state index is 12.8. The van der Waals surface area contributed by atoms with Gasteiger partial charge in [0.15, 0.2) is 0 Å². The first kappa shape index (κ1) is 17.8. The number of imide groups is 1. The van der Waals surface area contributed by atoms with Gasteiger partial charge >= 0.3 is 0 Å². The third-order valence-corrected chi connectivity index (χ3v) is 5.72. The number of fused-ring (bicyclic) bond motifs is 1. The Morgan fingerprint density at radius 2 is 1.75 bits per heavy atom. The van der Waals surface area contributed by atoms with Crippen molar-refractivity contribution >= 4 is 28.2 Å². The van der Waals surface area contributed by atoms with Crippen LogP contribution in [0.25, 0.3) is 11.1 Å². The van der Waals surface area contributed by atoms with E-state index in [1.54, 1.807) is 19.2 Å². The van der Waals surface area contributed by atoms with Crippen LogP contribution in [0.3, 0.4) is 0 Å².